The molecule has 1 N–H and O–H groups in total. The lowest BCUT2D eigenvalue weighted by Gasteiger charge is -2.33. The molecule has 2 aromatic rings. The van der Waals surface area contributed by atoms with Crippen molar-refractivity contribution in [3.63, 3.8) is 0 Å². The zero-order chi connectivity index (χ0) is 15.9. The first-order valence-electron chi connectivity index (χ1n) is 7.33. The average molecular weight is 309 g/mol. The first-order valence-corrected chi connectivity index (χ1v) is 7.33. The lowest BCUT2D eigenvalue weighted by atomic mass is 9.94. The third-order valence-electron chi connectivity index (χ3n) is 4.13. The van der Waals surface area contributed by atoms with Crippen LogP contribution in [0.25, 0.3) is 0 Å². The van der Waals surface area contributed by atoms with E-state index in [1.807, 2.05) is 24.3 Å². The monoisotopic (exact) mass is 309 g/mol. The van der Waals surface area contributed by atoms with Crippen molar-refractivity contribution in [2.75, 3.05) is 5.32 Å². The molecule has 2 heterocycles. The molecular formula is C16H18F3N3. The quantitative estimate of drug-likeness (QED) is 0.874. The molecule has 0 saturated carbocycles. The van der Waals surface area contributed by atoms with E-state index in [1.165, 1.54) is 11.8 Å². The largest absolute Gasteiger partial charge is 0.410 e. The summed E-state index contributed by atoms with van der Waals surface area (Å²) in [7, 11) is 0. The molecule has 0 saturated heterocycles. The molecule has 0 radical (unpaired) electrons. The summed E-state index contributed by atoms with van der Waals surface area (Å²) in [6, 6.07) is 7.41. The van der Waals surface area contributed by atoms with Gasteiger partial charge in [0.05, 0.1) is 12.2 Å². The molecule has 0 fully saturated rings. The van der Waals surface area contributed by atoms with Gasteiger partial charge in [0.1, 0.15) is 5.82 Å². The number of nitrogens with zero attached hydrogens (tertiary/aromatic N) is 2. The highest BCUT2D eigenvalue weighted by Gasteiger charge is 2.46. The maximum absolute atomic E-state index is 13.3. The van der Waals surface area contributed by atoms with E-state index in [0.29, 0.717) is 11.7 Å². The summed E-state index contributed by atoms with van der Waals surface area (Å²) in [6.07, 6.45) is -2.97. The van der Waals surface area contributed by atoms with Crippen molar-refractivity contribution in [2.45, 2.75) is 44.4 Å². The molecule has 0 bridgehead atoms. The number of nitrogens with one attached hydrogen (secondary N) is 1. The molecule has 2 atom stereocenters. The maximum Gasteiger partial charge on any atom is 0.410 e. The van der Waals surface area contributed by atoms with Crippen molar-refractivity contribution >= 4 is 5.82 Å². The summed E-state index contributed by atoms with van der Waals surface area (Å²) in [4.78, 5) is 0. The van der Waals surface area contributed by atoms with Gasteiger partial charge in [-0.3, -0.25) is 0 Å². The fourth-order valence-corrected chi connectivity index (χ4v) is 2.84. The van der Waals surface area contributed by atoms with Gasteiger partial charge in [-0.25, -0.2) is 4.68 Å². The fourth-order valence-electron chi connectivity index (χ4n) is 2.84. The molecule has 0 aliphatic carbocycles. The Bertz CT molecular complexity index is 643. The third kappa shape index (κ3) is 2.69. The van der Waals surface area contributed by atoms with E-state index in [4.69, 9.17) is 0 Å². The molecule has 1 aliphatic heterocycles. The number of anilines is 1. The van der Waals surface area contributed by atoms with Gasteiger partial charge in [-0.15, -0.1) is 0 Å². The molecule has 0 spiro atoms. The van der Waals surface area contributed by atoms with Crippen LogP contribution in [-0.4, -0.2) is 16.0 Å². The van der Waals surface area contributed by atoms with E-state index < -0.39 is 12.2 Å². The second-order valence-electron chi connectivity index (χ2n) is 5.97. The smallest absolute Gasteiger partial charge is 0.363 e. The average Bonchev–Trinajstić information content (AvgIpc) is 2.93. The first kappa shape index (κ1) is 14.9. The summed E-state index contributed by atoms with van der Waals surface area (Å²) < 4.78 is 40.8. The first-order chi connectivity index (χ1) is 10.4. The van der Waals surface area contributed by atoms with Crippen LogP contribution in [0.5, 0.6) is 0 Å². The van der Waals surface area contributed by atoms with Crippen molar-refractivity contribution in [3.8, 4) is 0 Å². The van der Waals surface area contributed by atoms with E-state index in [2.05, 4.69) is 24.3 Å². The number of hydrogen-bond acceptors (Lipinski definition) is 2. The van der Waals surface area contributed by atoms with Crippen molar-refractivity contribution < 1.29 is 13.2 Å². The van der Waals surface area contributed by atoms with Crippen molar-refractivity contribution in [1.29, 1.82) is 0 Å². The molecule has 2 unspecified atom stereocenters. The second kappa shape index (κ2) is 5.34. The fraction of sp³-hybridized carbons (Fsp3) is 0.438. The molecular weight excluding hydrogens is 291 g/mol. The highest BCUT2D eigenvalue weighted by Crippen LogP contribution is 2.43. The minimum Gasteiger partial charge on any atom is -0.363 e. The molecule has 22 heavy (non-hydrogen) atoms. The molecule has 1 aromatic heterocycles. The third-order valence-corrected chi connectivity index (χ3v) is 4.13. The predicted molar refractivity (Wildman–Crippen MR) is 78.8 cm³/mol. The van der Waals surface area contributed by atoms with Gasteiger partial charge in [-0.05, 0) is 17.0 Å². The van der Waals surface area contributed by atoms with Gasteiger partial charge in [0.25, 0.3) is 0 Å². The Hall–Kier alpha value is -1.98. The normalized spacial score (nSPS) is 21.5. The van der Waals surface area contributed by atoms with Crippen LogP contribution in [0, 0.1) is 0 Å². The Morgan fingerprint density at radius 3 is 2.45 bits per heavy atom. The minimum atomic E-state index is -4.31. The van der Waals surface area contributed by atoms with Crippen LogP contribution in [0.3, 0.4) is 0 Å². The summed E-state index contributed by atoms with van der Waals surface area (Å²) >= 11 is 0. The standard InChI is InChI=1S/C16H18F3N3/c1-10(2)11-3-5-12(6-4-11)13-9-14(16(17,18)19)22-15(21-13)7-8-20-22/h3-8,10,13-14,21H,9H2,1-2H3. The van der Waals surface area contributed by atoms with Gasteiger partial charge in [-0.2, -0.15) is 18.3 Å². The Kier molecular flexibility index (Phi) is 3.62. The van der Waals surface area contributed by atoms with Crippen molar-refractivity contribution in [3.05, 3.63) is 47.7 Å². The molecule has 118 valence electrons. The van der Waals surface area contributed by atoms with Gasteiger partial charge in [0.2, 0.25) is 0 Å². The summed E-state index contributed by atoms with van der Waals surface area (Å²) in [5.74, 6) is 0.809. The number of alkyl halides is 3. The van der Waals surface area contributed by atoms with E-state index in [-0.39, 0.29) is 12.5 Å². The summed E-state index contributed by atoms with van der Waals surface area (Å²) in [5, 5.41) is 6.95. The van der Waals surface area contributed by atoms with E-state index >= 15 is 0 Å². The SMILES string of the molecule is CC(C)c1ccc(C2CC(C(F)(F)F)n3nccc3N2)cc1. The van der Waals surface area contributed by atoms with E-state index in [1.54, 1.807) is 6.07 Å². The van der Waals surface area contributed by atoms with Gasteiger partial charge >= 0.3 is 6.18 Å². The zero-order valence-electron chi connectivity index (χ0n) is 12.4. The van der Waals surface area contributed by atoms with Crippen LogP contribution in [0.1, 0.15) is 49.4 Å². The number of hydrogen-bond donors (Lipinski definition) is 1. The molecule has 1 aliphatic rings. The Morgan fingerprint density at radius 1 is 1.18 bits per heavy atom. The van der Waals surface area contributed by atoms with Crippen LogP contribution in [0.2, 0.25) is 0 Å². The lowest BCUT2D eigenvalue weighted by molar-refractivity contribution is -0.173. The Labute approximate surface area is 127 Å². The van der Waals surface area contributed by atoms with Gasteiger partial charge in [-0.1, -0.05) is 38.1 Å². The molecule has 0 amide bonds. The minimum absolute atomic E-state index is 0.0563. The number of benzene rings is 1. The number of fused-ring (bicyclic) bond motifs is 1. The molecule has 3 rings (SSSR count). The number of rotatable bonds is 2. The molecule has 1 aromatic carbocycles. The highest BCUT2D eigenvalue weighted by atomic mass is 19.4. The van der Waals surface area contributed by atoms with Crippen LogP contribution >= 0.6 is 0 Å². The van der Waals surface area contributed by atoms with Crippen LogP contribution in [-0.2, 0) is 0 Å². The predicted octanol–water partition coefficient (Wildman–Crippen LogP) is 4.67. The number of halogens is 3. The van der Waals surface area contributed by atoms with E-state index in [0.717, 1.165) is 10.2 Å². The molecule has 3 nitrogen and oxygen atoms in total. The topological polar surface area (TPSA) is 29.9 Å². The number of aromatic nitrogens is 2. The highest BCUT2D eigenvalue weighted by molar-refractivity contribution is 5.42. The van der Waals surface area contributed by atoms with Crippen molar-refractivity contribution in [2.24, 2.45) is 0 Å². The summed E-state index contributed by atoms with van der Waals surface area (Å²) in [5.41, 5.74) is 2.04. The zero-order valence-corrected chi connectivity index (χ0v) is 12.4. The van der Waals surface area contributed by atoms with Crippen LogP contribution in [0.15, 0.2) is 36.5 Å². The van der Waals surface area contributed by atoms with Gasteiger partial charge < -0.3 is 5.32 Å². The van der Waals surface area contributed by atoms with E-state index in [9.17, 15) is 13.2 Å². The Morgan fingerprint density at radius 2 is 1.86 bits per heavy atom. The molecule has 6 heteroatoms. The van der Waals surface area contributed by atoms with Crippen LogP contribution in [0.4, 0.5) is 19.0 Å². The lowest BCUT2D eigenvalue weighted by Crippen LogP contribution is -2.35. The van der Waals surface area contributed by atoms with Crippen LogP contribution < -0.4 is 5.32 Å². The Balaban J connectivity index is 1.90. The van der Waals surface area contributed by atoms with Crippen molar-refractivity contribution in [1.82, 2.24) is 9.78 Å². The van der Waals surface area contributed by atoms with Gasteiger partial charge in [0.15, 0.2) is 6.04 Å². The maximum atomic E-state index is 13.3. The second-order valence-corrected chi connectivity index (χ2v) is 5.97. The summed E-state index contributed by atoms with van der Waals surface area (Å²) in [6.45, 7) is 4.18. The van der Waals surface area contributed by atoms with Gasteiger partial charge in [0, 0.05) is 12.5 Å².